The smallest absolute Gasteiger partial charge is 0.267 e. The van der Waals surface area contributed by atoms with Gasteiger partial charge in [-0.1, -0.05) is 6.07 Å². The maximum absolute atomic E-state index is 13.1. The Morgan fingerprint density at radius 2 is 2.23 bits per heavy atom. The lowest BCUT2D eigenvalue weighted by Crippen LogP contribution is -2.28. The summed E-state index contributed by atoms with van der Waals surface area (Å²) >= 11 is 0. The SMILES string of the molecule is COCCCNC(=O)c1cc2c(=O)n3cc(C)ccc3nc2nc1NC[C@H]1CCCO1. The predicted molar refractivity (Wildman–Crippen MR) is 118 cm³/mol. The lowest BCUT2D eigenvalue weighted by atomic mass is 10.1. The maximum Gasteiger partial charge on any atom is 0.267 e. The summed E-state index contributed by atoms with van der Waals surface area (Å²) in [4.78, 5) is 35.1. The van der Waals surface area contributed by atoms with Crippen molar-refractivity contribution < 1.29 is 14.3 Å². The molecule has 1 amide bonds. The largest absolute Gasteiger partial charge is 0.385 e. The molecule has 0 unspecified atom stereocenters. The average molecular weight is 425 g/mol. The Labute approximate surface area is 179 Å². The molecule has 0 radical (unpaired) electrons. The average Bonchev–Trinajstić information content (AvgIpc) is 3.29. The summed E-state index contributed by atoms with van der Waals surface area (Å²) < 4.78 is 12.2. The van der Waals surface area contributed by atoms with Crippen LogP contribution in [-0.2, 0) is 9.47 Å². The molecule has 1 fully saturated rings. The molecule has 0 saturated carbocycles. The van der Waals surface area contributed by atoms with E-state index in [0.29, 0.717) is 54.2 Å². The van der Waals surface area contributed by atoms with Crippen molar-refractivity contribution in [3.8, 4) is 0 Å². The summed E-state index contributed by atoms with van der Waals surface area (Å²) in [6.07, 6.45) is 4.48. The fourth-order valence-electron chi connectivity index (χ4n) is 3.67. The van der Waals surface area contributed by atoms with Gasteiger partial charge in [0.25, 0.3) is 11.5 Å². The molecule has 0 aromatic carbocycles. The monoisotopic (exact) mass is 425 g/mol. The van der Waals surface area contributed by atoms with Crippen molar-refractivity contribution in [2.75, 3.05) is 38.7 Å². The number of anilines is 1. The van der Waals surface area contributed by atoms with E-state index in [-0.39, 0.29) is 17.6 Å². The first-order chi connectivity index (χ1) is 15.1. The van der Waals surface area contributed by atoms with Crippen LogP contribution >= 0.6 is 0 Å². The molecule has 3 aromatic heterocycles. The highest BCUT2D eigenvalue weighted by molar-refractivity contribution is 6.01. The van der Waals surface area contributed by atoms with Crippen LogP contribution in [0, 0.1) is 6.92 Å². The number of nitrogens with one attached hydrogen (secondary N) is 2. The van der Waals surface area contributed by atoms with E-state index in [0.717, 1.165) is 25.0 Å². The van der Waals surface area contributed by atoms with Gasteiger partial charge in [-0.05, 0) is 43.9 Å². The lowest BCUT2D eigenvalue weighted by Gasteiger charge is -2.15. The molecule has 3 aromatic rings. The van der Waals surface area contributed by atoms with Crippen LogP contribution in [0.25, 0.3) is 16.7 Å². The van der Waals surface area contributed by atoms with Gasteiger partial charge in [0, 0.05) is 39.6 Å². The zero-order valence-corrected chi connectivity index (χ0v) is 17.8. The van der Waals surface area contributed by atoms with Gasteiger partial charge in [0.15, 0.2) is 5.65 Å². The number of aryl methyl sites for hydroxylation is 1. The summed E-state index contributed by atoms with van der Waals surface area (Å²) in [5.41, 5.74) is 1.82. The number of hydrogen-bond acceptors (Lipinski definition) is 7. The van der Waals surface area contributed by atoms with Gasteiger partial charge in [-0.15, -0.1) is 0 Å². The van der Waals surface area contributed by atoms with E-state index in [4.69, 9.17) is 9.47 Å². The van der Waals surface area contributed by atoms with E-state index < -0.39 is 0 Å². The minimum absolute atomic E-state index is 0.0771. The molecule has 31 heavy (non-hydrogen) atoms. The molecule has 1 saturated heterocycles. The number of hydrogen-bond donors (Lipinski definition) is 2. The third-order valence-electron chi connectivity index (χ3n) is 5.32. The number of pyridine rings is 2. The molecule has 0 bridgehead atoms. The van der Waals surface area contributed by atoms with Crippen LogP contribution < -0.4 is 16.2 Å². The standard InChI is InChI=1S/C22H27N5O4/c1-14-6-7-18-25-20-17(22(29)27(18)13-14)11-16(21(28)23-8-4-9-30-2)19(26-20)24-12-15-5-3-10-31-15/h6-7,11,13,15H,3-5,8-10,12H2,1-2H3,(H,23,28)(H,24,26)/t15-/m1/s1. The highest BCUT2D eigenvalue weighted by Crippen LogP contribution is 2.20. The van der Waals surface area contributed by atoms with Crippen molar-refractivity contribution >= 4 is 28.4 Å². The second-order valence-electron chi connectivity index (χ2n) is 7.73. The number of methoxy groups -OCH3 is 1. The van der Waals surface area contributed by atoms with Crippen LogP contribution in [-0.4, -0.2) is 59.8 Å². The zero-order chi connectivity index (χ0) is 21.8. The van der Waals surface area contributed by atoms with Gasteiger partial charge < -0.3 is 20.1 Å². The highest BCUT2D eigenvalue weighted by atomic mass is 16.5. The first-order valence-electron chi connectivity index (χ1n) is 10.5. The maximum atomic E-state index is 13.1. The molecule has 164 valence electrons. The van der Waals surface area contributed by atoms with Crippen molar-refractivity contribution in [3.63, 3.8) is 0 Å². The number of rotatable bonds is 8. The van der Waals surface area contributed by atoms with E-state index in [1.807, 2.05) is 13.0 Å². The quantitative estimate of drug-likeness (QED) is 0.419. The summed E-state index contributed by atoms with van der Waals surface area (Å²) in [5.74, 6) is 0.102. The molecule has 2 N–H and O–H groups in total. The Hall–Kier alpha value is -3.04. The van der Waals surface area contributed by atoms with Crippen molar-refractivity contribution in [3.05, 3.63) is 45.9 Å². The molecule has 1 atom stereocenters. The predicted octanol–water partition coefficient (Wildman–Crippen LogP) is 1.91. The Balaban J connectivity index is 1.73. The first kappa shape index (κ1) is 21.2. The van der Waals surface area contributed by atoms with Gasteiger partial charge in [0.2, 0.25) is 0 Å². The molecular weight excluding hydrogens is 398 g/mol. The van der Waals surface area contributed by atoms with Gasteiger partial charge in [-0.2, -0.15) is 0 Å². The van der Waals surface area contributed by atoms with Crippen LogP contribution in [0.15, 0.2) is 29.2 Å². The first-order valence-corrected chi connectivity index (χ1v) is 10.5. The van der Waals surface area contributed by atoms with Gasteiger partial charge in [0.05, 0.1) is 17.1 Å². The topological polar surface area (TPSA) is 107 Å². The molecule has 1 aliphatic rings. The second kappa shape index (κ2) is 9.40. The number of aromatic nitrogens is 3. The summed E-state index contributed by atoms with van der Waals surface area (Å²) in [5, 5.41) is 6.41. The summed E-state index contributed by atoms with van der Waals surface area (Å²) in [6, 6.07) is 5.26. The number of carbonyl (C=O) groups excluding carboxylic acids is 1. The van der Waals surface area contributed by atoms with Crippen molar-refractivity contribution in [2.45, 2.75) is 32.3 Å². The minimum Gasteiger partial charge on any atom is -0.385 e. The van der Waals surface area contributed by atoms with E-state index in [2.05, 4.69) is 20.6 Å². The molecule has 9 heteroatoms. The van der Waals surface area contributed by atoms with Gasteiger partial charge in [-0.3, -0.25) is 14.0 Å². The number of amides is 1. The van der Waals surface area contributed by atoms with Crippen LogP contribution in [0.1, 0.15) is 35.2 Å². The third kappa shape index (κ3) is 4.67. The van der Waals surface area contributed by atoms with E-state index in [1.54, 1.807) is 25.4 Å². The van der Waals surface area contributed by atoms with Crippen LogP contribution in [0.3, 0.4) is 0 Å². The van der Waals surface area contributed by atoms with Crippen LogP contribution in [0.4, 0.5) is 5.82 Å². The van der Waals surface area contributed by atoms with E-state index in [1.165, 1.54) is 4.40 Å². The van der Waals surface area contributed by atoms with Crippen LogP contribution in [0.5, 0.6) is 0 Å². The molecule has 4 heterocycles. The molecule has 0 spiro atoms. The Morgan fingerprint density at radius 3 is 3.00 bits per heavy atom. The van der Waals surface area contributed by atoms with Crippen LogP contribution in [0.2, 0.25) is 0 Å². The number of nitrogens with zero attached hydrogens (tertiary/aromatic N) is 3. The summed E-state index contributed by atoms with van der Waals surface area (Å²) in [7, 11) is 1.62. The Kier molecular flexibility index (Phi) is 6.43. The zero-order valence-electron chi connectivity index (χ0n) is 17.8. The van der Waals surface area contributed by atoms with Crippen molar-refractivity contribution in [1.29, 1.82) is 0 Å². The molecule has 9 nitrogen and oxygen atoms in total. The van der Waals surface area contributed by atoms with Gasteiger partial charge in [0.1, 0.15) is 11.5 Å². The molecule has 1 aliphatic heterocycles. The molecular formula is C22H27N5O4. The van der Waals surface area contributed by atoms with Crippen molar-refractivity contribution in [2.24, 2.45) is 0 Å². The number of carbonyl (C=O) groups is 1. The number of fused-ring (bicyclic) bond motifs is 2. The van der Waals surface area contributed by atoms with Gasteiger partial charge >= 0.3 is 0 Å². The Bertz CT molecular complexity index is 1150. The molecule has 0 aliphatic carbocycles. The second-order valence-corrected chi connectivity index (χ2v) is 7.73. The number of ether oxygens (including phenoxy) is 2. The fourth-order valence-corrected chi connectivity index (χ4v) is 3.67. The lowest BCUT2D eigenvalue weighted by molar-refractivity contribution is 0.0948. The van der Waals surface area contributed by atoms with Gasteiger partial charge in [-0.25, -0.2) is 9.97 Å². The molecule has 4 rings (SSSR count). The normalized spacial score (nSPS) is 16.1. The van der Waals surface area contributed by atoms with Crippen molar-refractivity contribution in [1.82, 2.24) is 19.7 Å². The van der Waals surface area contributed by atoms with E-state index in [9.17, 15) is 9.59 Å². The summed E-state index contributed by atoms with van der Waals surface area (Å²) in [6.45, 7) is 4.20. The minimum atomic E-state index is -0.297. The fraction of sp³-hybridized carbons (Fsp3) is 0.455. The van der Waals surface area contributed by atoms with E-state index >= 15 is 0 Å². The Morgan fingerprint density at radius 1 is 1.35 bits per heavy atom. The highest BCUT2D eigenvalue weighted by Gasteiger charge is 2.20. The third-order valence-corrected chi connectivity index (χ3v) is 5.32.